The summed E-state index contributed by atoms with van der Waals surface area (Å²) in [6, 6.07) is 19.9. The number of carbonyl (C=O) groups is 3. The number of methoxy groups -OCH3 is 2. The Morgan fingerprint density at radius 3 is 2.17 bits per heavy atom. The fourth-order valence-corrected chi connectivity index (χ4v) is 5.09. The van der Waals surface area contributed by atoms with E-state index in [1.54, 1.807) is 54.6 Å². The van der Waals surface area contributed by atoms with Crippen LogP contribution in [-0.2, 0) is 19.1 Å². The molecule has 0 bridgehead atoms. The first-order valence-corrected chi connectivity index (χ1v) is 13.1. The third-order valence-electron chi connectivity index (χ3n) is 6.86. The highest BCUT2D eigenvalue weighted by Gasteiger charge is 2.44. The number of hydrogen-bond donors (Lipinski definition) is 1. The van der Waals surface area contributed by atoms with Crippen molar-refractivity contribution in [3.05, 3.63) is 111 Å². The Kier molecular flexibility index (Phi) is 7.86. The van der Waals surface area contributed by atoms with Crippen LogP contribution >= 0.6 is 11.6 Å². The van der Waals surface area contributed by atoms with E-state index in [-0.39, 0.29) is 58.4 Å². The third-order valence-corrected chi connectivity index (χ3v) is 7.11. The highest BCUT2D eigenvalue weighted by molar-refractivity contribution is 6.30. The van der Waals surface area contributed by atoms with Crippen LogP contribution in [0.5, 0.6) is 11.5 Å². The van der Waals surface area contributed by atoms with E-state index in [4.69, 9.17) is 36.3 Å². The predicted octanol–water partition coefficient (Wildman–Crippen LogP) is 4.24. The molecular weight excluding hydrogens is 562 g/mol. The molecule has 11 heteroatoms. The number of benzene rings is 3. The number of fused-ring (bicyclic) bond motifs is 1. The van der Waals surface area contributed by atoms with Crippen LogP contribution in [0.2, 0.25) is 5.02 Å². The molecule has 2 aliphatic rings. The molecule has 0 aliphatic carbocycles. The fourth-order valence-electron chi connectivity index (χ4n) is 4.97. The van der Waals surface area contributed by atoms with Gasteiger partial charge in [0.25, 0.3) is 0 Å². The number of halogens is 1. The van der Waals surface area contributed by atoms with Gasteiger partial charge < -0.3 is 24.7 Å². The minimum Gasteiger partial charge on any atom is -0.486 e. The molecule has 1 unspecified atom stereocenters. The summed E-state index contributed by atoms with van der Waals surface area (Å²) in [4.78, 5) is 42.1. The van der Waals surface area contributed by atoms with Gasteiger partial charge >= 0.3 is 11.9 Å². The molecule has 2 aliphatic heterocycles. The second kappa shape index (κ2) is 11.7. The molecule has 0 amide bonds. The molecule has 42 heavy (non-hydrogen) atoms. The third kappa shape index (κ3) is 4.91. The van der Waals surface area contributed by atoms with Gasteiger partial charge in [-0.05, 0) is 35.9 Å². The van der Waals surface area contributed by atoms with Crippen LogP contribution < -0.4 is 20.1 Å². The zero-order chi connectivity index (χ0) is 30.0. The van der Waals surface area contributed by atoms with Crippen LogP contribution in [0.3, 0.4) is 0 Å². The van der Waals surface area contributed by atoms with Gasteiger partial charge in [0, 0.05) is 16.7 Å². The summed E-state index contributed by atoms with van der Waals surface area (Å²) in [5.74, 6) is -3.01. The van der Waals surface area contributed by atoms with Gasteiger partial charge in [-0.1, -0.05) is 41.9 Å². The van der Waals surface area contributed by atoms with E-state index in [0.29, 0.717) is 16.3 Å². The lowest BCUT2D eigenvalue weighted by molar-refractivity contribution is -0.139. The summed E-state index contributed by atoms with van der Waals surface area (Å²) in [5.41, 5.74) is 7.00. The summed E-state index contributed by atoms with van der Waals surface area (Å²) in [5, 5.41) is 10.8. The minimum atomic E-state index is -1.07. The topological polar surface area (TPSA) is 141 Å². The number of ketones is 1. The van der Waals surface area contributed by atoms with Gasteiger partial charge in [0.05, 0.1) is 48.6 Å². The predicted molar refractivity (Wildman–Crippen MR) is 152 cm³/mol. The Morgan fingerprint density at radius 1 is 0.952 bits per heavy atom. The second-order valence-corrected chi connectivity index (χ2v) is 9.62. The average Bonchev–Trinajstić information content (AvgIpc) is 3.03. The van der Waals surface area contributed by atoms with Gasteiger partial charge in [-0.2, -0.15) is 5.26 Å². The van der Waals surface area contributed by atoms with Gasteiger partial charge in [-0.3, -0.25) is 9.69 Å². The van der Waals surface area contributed by atoms with Gasteiger partial charge in [0.1, 0.15) is 24.7 Å². The standard InChI is InChI=1S/C31H24ClN3O7/c1-39-30(37)26-25(17-6-4-3-5-7-17)21(16-33)29(34)35(27(26)31(38)40-2)22-15-24-23(41-12-13-42-24)14-20(22)28(36)18-8-10-19(32)11-9-18/h3-11,14-15,25H,12-13,34H2,1-2H3. The number of nitriles is 1. The van der Waals surface area contributed by atoms with Crippen molar-refractivity contribution in [2.75, 3.05) is 32.3 Å². The van der Waals surface area contributed by atoms with Crippen molar-refractivity contribution in [1.82, 2.24) is 0 Å². The molecule has 0 saturated heterocycles. The summed E-state index contributed by atoms with van der Waals surface area (Å²) in [7, 11) is 2.30. The van der Waals surface area contributed by atoms with E-state index in [1.165, 1.54) is 12.1 Å². The Morgan fingerprint density at radius 2 is 1.57 bits per heavy atom. The first kappa shape index (κ1) is 28.3. The zero-order valence-electron chi connectivity index (χ0n) is 22.5. The van der Waals surface area contributed by atoms with Crippen LogP contribution in [0.4, 0.5) is 5.69 Å². The molecule has 5 rings (SSSR count). The van der Waals surface area contributed by atoms with Crippen LogP contribution in [-0.4, -0.2) is 45.2 Å². The van der Waals surface area contributed by atoms with Gasteiger partial charge in [-0.25, -0.2) is 9.59 Å². The number of ether oxygens (including phenoxy) is 4. The summed E-state index contributed by atoms with van der Waals surface area (Å²) in [6.07, 6.45) is 0. The SMILES string of the molecule is COC(=O)C1=C(C(=O)OC)N(c2cc3c(cc2C(=O)c2ccc(Cl)cc2)OCCO3)C(N)=C(C#N)C1c1ccccc1. The number of carbonyl (C=O) groups excluding carboxylic acids is 3. The van der Waals surface area contributed by atoms with Crippen LogP contribution in [0.15, 0.2) is 89.4 Å². The highest BCUT2D eigenvalue weighted by Crippen LogP contribution is 2.46. The molecule has 0 fully saturated rings. The maximum Gasteiger partial charge on any atom is 0.355 e. The van der Waals surface area contributed by atoms with Crippen molar-refractivity contribution in [2.45, 2.75) is 5.92 Å². The van der Waals surface area contributed by atoms with Crippen molar-refractivity contribution < 1.29 is 33.3 Å². The number of esters is 2. The monoisotopic (exact) mass is 585 g/mol. The Bertz CT molecular complexity index is 1690. The quantitative estimate of drug-likeness (QED) is 0.330. The lowest BCUT2D eigenvalue weighted by Crippen LogP contribution is -2.41. The van der Waals surface area contributed by atoms with E-state index in [2.05, 4.69) is 6.07 Å². The maximum absolute atomic E-state index is 14.0. The smallest absolute Gasteiger partial charge is 0.355 e. The molecule has 3 aromatic carbocycles. The van der Waals surface area contributed by atoms with Gasteiger partial charge in [-0.15, -0.1) is 0 Å². The first-order chi connectivity index (χ1) is 20.3. The molecule has 2 heterocycles. The lowest BCUT2D eigenvalue weighted by atomic mass is 9.80. The molecule has 0 aromatic heterocycles. The van der Waals surface area contributed by atoms with Crippen molar-refractivity contribution in [3.63, 3.8) is 0 Å². The Labute approximate surface area is 246 Å². The van der Waals surface area contributed by atoms with Crippen LogP contribution in [0.25, 0.3) is 0 Å². The number of nitrogens with two attached hydrogens (primary N) is 1. The summed E-state index contributed by atoms with van der Waals surface area (Å²) >= 11 is 6.04. The molecule has 212 valence electrons. The van der Waals surface area contributed by atoms with E-state index in [1.807, 2.05) is 0 Å². The molecule has 0 radical (unpaired) electrons. The van der Waals surface area contributed by atoms with Crippen LogP contribution in [0.1, 0.15) is 27.4 Å². The van der Waals surface area contributed by atoms with Crippen LogP contribution in [0, 0.1) is 11.3 Å². The van der Waals surface area contributed by atoms with E-state index in [0.717, 1.165) is 19.1 Å². The Balaban J connectivity index is 1.85. The molecular formula is C31H24ClN3O7. The van der Waals surface area contributed by atoms with Crippen molar-refractivity contribution in [2.24, 2.45) is 5.73 Å². The van der Waals surface area contributed by atoms with E-state index < -0.39 is 23.6 Å². The van der Waals surface area contributed by atoms with Gasteiger partial charge in [0.15, 0.2) is 17.3 Å². The van der Waals surface area contributed by atoms with E-state index in [9.17, 15) is 19.6 Å². The lowest BCUT2D eigenvalue weighted by Gasteiger charge is -2.37. The molecule has 2 N–H and O–H groups in total. The first-order valence-electron chi connectivity index (χ1n) is 12.7. The van der Waals surface area contributed by atoms with Crippen molar-refractivity contribution in [3.8, 4) is 17.6 Å². The molecule has 0 saturated carbocycles. The Hall–Kier alpha value is -5.27. The summed E-state index contributed by atoms with van der Waals surface area (Å²) < 4.78 is 21.7. The number of rotatable bonds is 6. The largest absolute Gasteiger partial charge is 0.486 e. The van der Waals surface area contributed by atoms with Crippen molar-refractivity contribution in [1.29, 1.82) is 5.26 Å². The number of allylic oxidation sites excluding steroid dienone is 1. The van der Waals surface area contributed by atoms with Crippen molar-refractivity contribution >= 4 is 35.0 Å². The summed E-state index contributed by atoms with van der Waals surface area (Å²) in [6.45, 7) is 0.485. The maximum atomic E-state index is 14.0. The second-order valence-electron chi connectivity index (χ2n) is 9.18. The number of nitrogens with zero attached hydrogens (tertiary/aromatic N) is 2. The zero-order valence-corrected chi connectivity index (χ0v) is 23.3. The normalized spacial score (nSPS) is 16.0. The van der Waals surface area contributed by atoms with E-state index >= 15 is 0 Å². The number of hydrogen-bond acceptors (Lipinski definition) is 10. The number of anilines is 1. The average molecular weight is 586 g/mol. The fraction of sp³-hybridized carbons (Fsp3) is 0.161. The minimum absolute atomic E-state index is 0.0468. The van der Waals surface area contributed by atoms with Gasteiger partial charge in [0.2, 0.25) is 0 Å². The molecule has 0 spiro atoms. The highest BCUT2D eigenvalue weighted by atomic mass is 35.5. The molecule has 1 atom stereocenters. The molecule has 10 nitrogen and oxygen atoms in total. The molecule has 3 aromatic rings.